The number of hydrogen-bond acceptors (Lipinski definition) is 3. The summed E-state index contributed by atoms with van der Waals surface area (Å²) < 4.78 is 0. The van der Waals surface area contributed by atoms with Gasteiger partial charge >= 0.3 is 5.97 Å². The molecule has 6 heteroatoms. The first kappa shape index (κ1) is 11.2. The van der Waals surface area contributed by atoms with Gasteiger partial charge in [-0.25, -0.2) is 9.78 Å². The van der Waals surface area contributed by atoms with Crippen LogP contribution in [0.25, 0.3) is 0 Å². The number of aromatic amines is 1. The average molecular weight is 211 g/mol. The molecule has 1 heterocycles. The number of hydrogen-bond donors (Lipinski definition) is 2. The van der Waals surface area contributed by atoms with Crippen LogP contribution in [0.5, 0.6) is 0 Å². The molecule has 0 unspecified atom stereocenters. The Hall–Kier alpha value is -1.85. The smallest absolute Gasteiger partial charge is 0.354 e. The molecule has 0 aliphatic carbocycles. The summed E-state index contributed by atoms with van der Waals surface area (Å²) in [5.74, 6) is -1.59. The molecular weight excluding hydrogens is 198 g/mol. The van der Waals surface area contributed by atoms with Crippen LogP contribution in [0.1, 0.15) is 34.8 Å². The van der Waals surface area contributed by atoms with Crippen molar-refractivity contribution in [2.24, 2.45) is 0 Å². The van der Waals surface area contributed by atoms with Gasteiger partial charge in [0.2, 0.25) is 0 Å². The van der Waals surface area contributed by atoms with Crippen molar-refractivity contribution in [3.63, 3.8) is 0 Å². The number of carbonyl (C=O) groups is 2. The Kier molecular flexibility index (Phi) is 3.08. The lowest BCUT2D eigenvalue weighted by molar-refractivity contribution is 0.0668. The molecule has 0 radical (unpaired) electrons. The minimum absolute atomic E-state index is 0.00385. The van der Waals surface area contributed by atoms with E-state index in [1.807, 2.05) is 13.8 Å². The largest absolute Gasteiger partial charge is 0.477 e. The second-order valence-electron chi connectivity index (χ2n) is 3.44. The Morgan fingerprint density at radius 2 is 2.13 bits per heavy atom. The molecule has 0 atom stereocenters. The summed E-state index contributed by atoms with van der Waals surface area (Å²) in [7, 11) is 1.60. The molecule has 0 fully saturated rings. The van der Waals surface area contributed by atoms with E-state index in [-0.39, 0.29) is 17.4 Å². The molecule has 0 aliphatic rings. The van der Waals surface area contributed by atoms with Crippen LogP contribution in [0.3, 0.4) is 0 Å². The van der Waals surface area contributed by atoms with Gasteiger partial charge in [0.15, 0.2) is 11.4 Å². The van der Waals surface area contributed by atoms with Crippen LogP contribution in [-0.4, -0.2) is 44.9 Å². The predicted octanol–water partition coefficient (Wildman–Crippen LogP) is 0.588. The molecule has 0 saturated heterocycles. The third-order valence-electron chi connectivity index (χ3n) is 2.15. The summed E-state index contributed by atoms with van der Waals surface area (Å²) in [4.78, 5) is 30.1. The van der Waals surface area contributed by atoms with Crippen molar-refractivity contribution >= 4 is 11.9 Å². The number of aromatic nitrogens is 2. The predicted molar refractivity (Wildman–Crippen MR) is 52.8 cm³/mol. The lowest BCUT2D eigenvalue weighted by atomic mass is 10.2. The number of nitrogens with one attached hydrogen (secondary N) is 1. The molecule has 0 aliphatic heterocycles. The van der Waals surface area contributed by atoms with Crippen LogP contribution in [0.15, 0.2) is 6.33 Å². The highest BCUT2D eigenvalue weighted by molar-refractivity contribution is 6.02. The molecule has 1 amide bonds. The fourth-order valence-electron chi connectivity index (χ4n) is 1.02. The van der Waals surface area contributed by atoms with Crippen LogP contribution in [0.4, 0.5) is 0 Å². The van der Waals surface area contributed by atoms with Crippen LogP contribution in [0, 0.1) is 0 Å². The molecule has 1 aromatic heterocycles. The van der Waals surface area contributed by atoms with Crippen molar-refractivity contribution in [1.82, 2.24) is 14.9 Å². The second kappa shape index (κ2) is 4.12. The van der Waals surface area contributed by atoms with Crippen molar-refractivity contribution < 1.29 is 14.7 Å². The van der Waals surface area contributed by atoms with Crippen LogP contribution in [-0.2, 0) is 0 Å². The number of aromatic carboxylic acids is 1. The summed E-state index contributed by atoms with van der Waals surface area (Å²) in [6.45, 7) is 3.68. The van der Waals surface area contributed by atoms with Gasteiger partial charge in [-0.1, -0.05) is 0 Å². The van der Waals surface area contributed by atoms with E-state index >= 15 is 0 Å². The fraction of sp³-hybridized carbons (Fsp3) is 0.444. The van der Waals surface area contributed by atoms with E-state index in [2.05, 4.69) is 9.97 Å². The molecule has 2 N–H and O–H groups in total. The Labute approximate surface area is 86.9 Å². The number of carbonyl (C=O) groups excluding carboxylic acids is 1. The molecule has 0 bridgehead atoms. The van der Waals surface area contributed by atoms with E-state index < -0.39 is 11.9 Å². The first-order valence-corrected chi connectivity index (χ1v) is 4.49. The summed E-state index contributed by atoms with van der Waals surface area (Å²) >= 11 is 0. The monoisotopic (exact) mass is 211 g/mol. The second-order valence-corrected chi connectivity index (χ2v) is 3.44. The van der Waals surface area contributed by atoms with E-state index in [1.165, 1.54) is 11.2 Å². The standard InChI is InChI=1S/C9H13N3O3/c1-5(2)12(3)8(13)6-7(9(14)15)11-4-10-6/h4-5H,1-3H3,(H,10,11)(H,14,15). The highest BCUT2D eigenvalue weighted by Gasteiger charge is 2.23. The third-order valence-corrected chi connectivity index (χ3v) is 2.15. The molecule has 82 valence electrons. The first-order valence-electron chi connectivity index (χ1n) is 4.49. The van der Waals surface area contributed by atoms with Gasteiger partial charge in [-0.3, -0.25) is 4.79 Å². The third kappa shape index (κ3) is 2.15. The Balaban J connectivity index is 3.01. The van der Waals surface area contributed by atoms with Gasteiger partial charge in [0.05, 0.1) is 6.33 Å². The van der Waals surface area contributed by atoms with E-state index in [0.29, 0.717) is 0 Å². The first-order chi connectivity index (χ1) is 6.95. The van der Waals surface area contributed by atoms with Crippen LogP contribution in [0.2, 0.25) is 0 Å². The van der Waals surface area contributed by atoms with Crippen molar-refractivity contribution in [3.8, 4) is 0 Å². The van der Waals surface area contributed by atoms with E-state index in [9.17, 15) is 9.59 Å². The highest BCUT2D eigenvalue weighted by atomic mass is 16.4. The minimum atomic E-state index is -1.19. The van der Waals surface area contributed by atoms with Gasteiger partial charge in [0.1, 0.15) is 0 Å². The maximum atomic E-state index is 11.8. The minimum Gasteiger partial charge on any atom is -0.477 e. The van der Waals surface area contributed by atoms with Crippen molar-refractivity contribution in [2.45, 2.75) is 19.9 Å². The molecule has 1 rings (SSSR count). The molecule has 0 saturated carbocycles. The van der Waals surface area contributed by atoms with Gasteiger partial charge in [-0.05, 0) is 13.8 Å². The Morgan fingerprint density at radius 1 is 1.53 bits per heavy atom. The van der Waals surface area contributed by atoms with Gasteiger partial charge in [-0.15, -0.1) is 0 Å². The van der Waals surface area contributed by atoms with Crippen molar-refractivity contribution in [3.05, 3.63) is 17.7 Å². The zero-order valence-corrected chi connectivity index (χ0v) is 8.81. The maximum Gasteiger partial charge on any atom is 0.354 e. The topological polar surface area (TPSA) is 86.3 Å². The molecule has 0 spiro atoms. The van der Waals surface area contributed by atoms with Gasteiger partial charge in [0.25, 0.3) is 5.91 Å². The number of imidazole rings is 1. The quantitative estimate of drug-likeness (QED) is 0.766. The summed E-state index contributed by atoms with van der Waals surface area (Å²) in [5, 5.41) is 8.78. The molecular formula is C9H13N3O3. The summed E-state index contributed by atoms with van der Waals surface area (Å²) in [5.41, 5.74) is -0.230. The van der Waals surface area contributed by atoms with Crippen LogP contribution < -0.4 is 0 Å². The summed E-state index contributed by atoms with van der Waals surface area (Å²) in [6.07, 6.45) is 1.20. The van der Waals surface area contributed by atoms with E-state index in [0.717, 1.165) is 0 Å². The molecule has 1 aromatic rings. The number of rotatable bonds is 3. The van der Waals surface area contributed by atoms with Crippen molar-refractivity contribution in [1.29, 1.82) is 0 Å². The number of carboxylic acids is 1. The van der Waals surface area contributed by atoms with Gasteiger partial charge < -0.3 is 15.0 Å². The Morgan fingerprint density at radius 3 is 2.60 bits per heavy atom. The van der Waals surface area contributed by atoms with Gasteiger partial charge in [0, 0.05) is 13.1 Å². The number of amides is 1. The SMILES string of the molecule is CC(C)N(C)C(=O)c1nc[nH]c1C(=O)O. The number of nitrogens with zero attached hydrogens (tertiary/aromatic N) is 2. The van der Waals surface area contributed by atoms with E-state index in [1.54, 1.807) is 7.05 Å². The zero-order valence-electron chi connectivity index (χ0n) is 8.81. The maximum absolute atomic E-state index is 11.8. The lowest BCUT2D eigenvalue weighted by Gasteiger charge is -2.20. The number of carboxylic acid groups (broad SMARTS) is 1. The molecule has 6 nitrogen and oxygen atoms in total. The van der Waals surface area contributed by atoms with E-state index in [4.69, 9.17) is 5.11 Å². The molecule has 0 aromatic carbocycles. The highest BCUT2D eigenvalue weighted by Crippen LogP contribution is 2.08. The lowest BCUT2D eigenvalue weighted by Crippen LogP contribution is -2.34. The Bertz CT molecular complexity index is 384. The molecule has 15 heavy (non-hydrogen) atoms. The fourth-order valence-corrected chi connectivity index (χ4v) is 1.02. The van der Waals surface area contributed by atoms with Crippen LogP contribution >= 0.6 is 0 Å². The summed E-state index contributed by atoms with van der Waals surface area (Å²) in [6, 6.07) is -0.00385. The normalized spacial score (nSPS) is 10.4. The zero-order chi connectivity index (χ0) is 11.6. The van der Waals surface area contributed by atoms with Crippen molar-refractivity contribution in [2.75, 3.05) is 7.05 Å². The van der Waals surface area contributed by atoms with Gasteiger partial charge in [-0.2, -0.15) is 0 Å². The average Bonchev–Trinajstić information content (AvgIpc) is 2.63. The number of H-pyrrole nitrogens is 1.